The number of amides is 2. The summed E-state index contributed by atoms with van der Waals surface area (Å²) in [6, 6.07) is 16.5. The van der Waals surface area contributed by atoms with Gasteiger partial charge in [-0.25, -0.2) is 14.6 Å². The van der Waals surface area contributed by atoms with Crippen molar-refractivity contribution in [3.05, 3.63) is 72.8 Å². The molecule has 2 aromatic carbocycles. The van der Waals surface area contributed by atoms with Crippen molar-refractivity contribution < 1.29 is 18.7 Å². The molecule has 3 N–H and O–H groups in total. The number of rotatable bonds is 6. The molecular formula is C23H24FN5O3. The largest absolute Gasteiger partial charge is 0.423 e. The van der Waals surface area contributed by atoms with Crippen LogP contribution in [0.2, 0.25) is 0 Å². The number of nitrogen functional groups attached to an aromatic ring is 1. The van der Waals surface area contributed by atoms with Gasteiger partial charge in [-0.15, -0.1) is 0 Å². The van der Waals surface area contributed by atoms with Crippen molar-refractivity contribution >= 4 is 29.2 Å². The number of hydrogen-bond donors (Lipinski definition) is 2. The lowest BCUT2D eigenvalue weighted by atomic mass is 10.0. The second-order valence-electron chi connectivity index (χ2n) is 7.25. The van der Waals surface area contributed by atoms with Crippen molar-refractivity contribution in [1.29, 1.82) is 0 Å². The van der Waals surface area contributed by atoms with Gasteiger partial charge >= 0.3 is 12.2 Å². The fourth-order valence-corrected chi connectivity index (χ4v) is 2.96. The zero-order valence-electron chi connectivity index (χ0n) is 17.8. The molecule has 2 amide bonds. The SMILES string of the molecule is CN(C)CCN(C(=O)OC(=O)Nc1cc(N)ccc1-c1ccc(F)nc1)c1ccccc1. The molecule has 0 atom stereocenters. The fourth-order valence-electron chi connectivity index (χ4n) is 2.96. The van der Waals surface area contributed by atoms with E-state index in [2.05, 4.69) is 10.3 Å². The molecule has 166 valence electrons. The third-order valence-corrected chi connectivity index (χ3v) is 4.56. The quantitative estimate of drug-likeness (QED) is 0.340. The molecule has 32 heavy (non-hydrogen) atoms. The highest BCUT2D eigenvalue weighted by Gasteiger charge is 2.21. The van der Waals surface area contributed by atoms with E-state index in [1.54, 1.807) is 36.4 Å². The Labute approximate surface area is 185 Å². The minimum atomic E-state index is -0.970. The molecule has 0 aliphatic heterocycles. The number of pyridine rings is 1. The van der Waals surface area contributed by atoms with Crippen molar-refractivity contribution in [3.63, 3.8) is 0 Å². The Morgan fingerprint density at radius 1 is 1.06 bits per heavy atom. The van der Waals surface area contributed by atoms with Crippen LogP contribution in [0.25, 0.3) is 11.1 Å². The molecule has 0 aliphatic carbocycles. The number of benzene rings is 2. The Morgan fingerprint density at radius 2 is 1.81 bits per heavy atom. The number of halogens is 1. The van der Waals surface area contributed by atoms with Gasteiger partial charge in [0.25, 0.3) is 0 Å². The van der Waals surface area contributed by atoms with Gasteiger partial charge in [-0.2, -0.15) is 4.39 Å². The smallest absolute Gasteiger partial charge is 0.399 e. The van der Waals surface area contributed by atoms with Crippen LogP contribution in [0.3, 0.4) is 0 Å². The molecule has 0 bridgehead atoms. The van der Waals surface area contributed by atoms with Crippen LogP contribution in [0.15, 0.2) is 66.9 Å². The standard InChI is InChI=1S/C23H24FN5O3/c1-28(2)12-13-29(18-6-4-3-5-7-18)23(31)32-22(30)27-20-14-17(25)9-10-19(20)16-8-11-21(24)26-15-16/h3-11,14-15H,12-13,25H2,1-2H3,(H,27,30). The minimum absolute atomic E-state index is 0.302. The van der Waals surface area contributed by atoms with Crippen LogP contribution in [0, 0.1) is 5.95 Å². The maximum Gasteiger partial charge on any atom is 0.423 e. The Bertz CT molecular complexity index is 1070. The van der Waals surface area contributed by atoms with E-state index in [0.717, 1.165) is 0 Å². The van der Waals surface area contributed by atoms with Crippen molar-refractivity contribution in [2.75, 3.05) is 43.1 Å². The summed E-state index contributed by atoms with van der Waals surface area (Å²) in [5.74, 6) is -0.623. The topological polar surface area (TPSA) is 101 Å². The fraction of sp³-hybridized carbons (Fsp3) is 0.174. The Morgan fingerprint density at radius 3 is 2.47 bits per heavy atom. The average molecular weight is 437 g/mol. The maximum absolute atomic E-state index is 13.2. The average Bonchev–Trinajstić information content (AvgIpc) is 2.75. The molecule has 3 aromatic rings. The van der Waals surface area contributed by atoms with Crippen molar-refractivity contribution in [3.8, 4) is 11.1 Å². The summed E-state index contributed by atoms with van der Waals surface area (Å²) in [5, 5.41) is 2.55. The number of nitrogens with one attached hydrogen (secondary N) is 1. The Kier molecular flexibility index (Phi) is 7.35. The van der Waals surface area contributed by atoms with Gasteiger partial charge in [-0.3, -0.25) is 10.2 Å². The number of para-hydroxylation sites is 1. The van der Waals surface area contributed by atoms with Crippen LogP contribution < -0.4 is 16.0 Å². The molecular weight excluding hydrogens is 413 g/mol. The zero-order valence-corrected chi connectivity index (χ0v) is 17.8. The van der Waals surface area contributed by atoms with E-state index in [0.29, 0.717) is 41.3 Å². The van der Waals surface area contributed by atoms with Gasteiger partial charge in [-0.05, 0) is 50.5 Å². The van der Waals surface area contributed by atoms with Gasteiger partial charge in [0, 0.05) is 41.8 Å². The van der Waals surface area contributed by atoms with Gasteiger partial charge in [0.1, 0.15) is 0 Å². The molecule has 0 unspecified atom stereocenters. The van der Waals surface area contributed by atoms with E-state index in [1.165, 1.54) is 29.3 Å². The summed E-state index contributed by atoms with van der Waals surface area (Å²) in [7, 11) is 3.76. The highest BCUT2D eigenvalue weighted by atomic mass is 19.1. The molecule has 0 aliphatic rings. The molecule has 0 spiro atoms. The van der Waals surface area contributed by atoms with Crippen LogP contribution in [-0.4, -0.2) is 49.3 Å². The van der Waals surface area contributed by atoms with Gasteiger partial charge in [0.15, 0.2) is 0 Å². The maximum atomic E-state index is 13.2. The van der Waals surface area contributed by atoms with Gasteiger partial charge in [0.2, 0.25) is 5.95 Å². The Hall–Kier alpha value is -3.98. The van der Waals surface area contributed by atoms with Crippen molar-refractivity contribution in [2.45, 2.75) is 0 Å². The summed E-state index contributed by atoms with van der Waals surface area (Å²) in [4.78, 5) is 32.2. The lowest BCUT2D eigenvalue weighted by Crippen LogP contribution is -2.38. The molecule has 0 radical (unpaired) electrons. The number of aromatic nitrogens is 1. The number of ether oxygens (including phenoxy) is 1. The van der Waals surface area contributed by atoms with Crippen LogP contribution in [-0.2, 0) is 4.74 Å². The molecule has 1 aromatic heterocycles. The number of hydrogen-bond acceptors (Lipinski definition) is 6. The number of anilines is 3. The minimum Gasteiger partial charge on any atom is -0.399 e. The molecule has 0 saturated carbocycles. The zero-order chi connectivity index (χ0) is 23.1. The first-order valence-corrected chi connectivity index (χ1v) is 9.85. The second kappa shape index (κ2) is 10.4. The molecule has 0 fully saturated rings. The van der Waals surface area contributed by atoms with Gasteiger partial charge in [0.05, 0.1) is 5.69 Å². The predicted molar refractivity (Wildman–Crippen MR) is 122 cm³/mol. The number of nitrogens with zero attached hydrogens (tertiary/aromatic N) is 3. The Balaban J connectivity index is 1.77. The summed E-state index contributed by atoms with van der Waals surface area (Å²) < 4.78 is 18.2. The number of likely N-dealkylation sites (N-methyl/N-ethyl adjacent to an activating group) is 1. The number of carbonyl (C=O) groups is 2. The van der Waals surface area contributed by atoms with Crippen molar-refractivity contribution in [1.82, 2.24) is 9.88 Å². The van der Waals surface area contributed by atoms with E-state index < -0.39 is 18.1 Å². The van der Waals surface area contributed by atoms with E-state index >= 15 is 0 Å². The first-order chi connectivity index (χ1) is 15.3. The van der Waals surface area contributed by atoms with Gasteiger partial charge in [-0.1, -0.05) is 24.3 Å². The van der Waals surface area contributed by atoms with Crippen LogP contribution >= 0.6 is 0 Å². The lowest BCUT2D eigenvalue weighted by molar-refractivity contribution is 0.164. The predicted octanol–water partition coefficient (Wildman–Crippen LogP) is 4.21. The highest BCUT2D eigenvalue weighted by molar-refractivity contribution is 6.00. The summed E-state index contributed by atoms with van der Waals surface area (Å²) in [6.45, 7) is 0.899. The summed E-state index contributed by atoms with van der Waals surface area (Å²) >= 11 is 0. The van der Waals surface area contributed by atoms with Crippen molar-refractivity contribution in [2.24, 2.45) is 0 Å². The van der Waals surface area contributed by atoms with E-state index in [1.807, 2.05) is 25.1 Å². The second-order valence-corrected chi connectivity index (χ2v) is 7.25. The first-order valence-electron chi connectivity index (χ1n) is 9.85. The lowest BCUT2D eigenvalue weighted by Gasteiger charge is -2.23. The molecule has 9 heteroatoms. The van der Waals surface area contributed by atoms with Crippen LogP contribution in [0.4, 0.5) is 31.0 Å². The summed E-state index contributed by atoms with van der Waals surface area (Å²) in [5.41, 5.74) is 8.25. The number of carbonyl (C=O) groups excluding carboxylic acids is 2. The third kappa shape index (κ3) is 6.02. The third-order valence-electron chi connectivity index (χ3n) is 4.56. The molecule has 1 heterocycles. The van der Waals surface area contributed by atoms with Crippen LogP contribution in [0.1, 0.15) is 0 Å². The van der Waals surface area contributed by atoms with E-state index in [4.69, 9.17) is 10.5 Å². The summed E-state index contributed by atoms with van der Waals surface area (Å²) in [6.07, 6.45) is -0.451. The molecule has 0 saturated heterocycles. The van der Waals surface area contributed by atoms with Gasteiger partial charge < -0.3 is 15.4 Å². The van der Waals surface area contributed by atoms with Crippen LogP contribution in [0.5, 0.6) is 0 Å². The highest BCUT2D eigenvalue weighted by Crippen LogP contribution is 2.30. The number of nitrogens with two attached hydrogens (primary N) is 1. The van der Waals surface area contributed by atoms with E-state index in [-0.39, 0.29) is 0 Å². The van der Waals surface area contributed by atoms with E-state index in [9.17, 15) is 14.0 Å². The first kappa shape index (κ1) is 22.7. The normalized spacial score (nSPS) is 10.6. The molecule has 8 nitrogen and oxygen atoms in total. The monoisotopic (exact) mass is 437 g/mol. The molecule has 3 rings (SSSR count).